The monoisotopic (exact) mass is 151 g/mol. The third-order valence-electron chi connectivity index (χ3n) is 1.92. The SMILES string of the molecule is O=C(c1ccco1)C1CNC1. The zero-order chi connectivity index (χ0) is 7.68. The van der Waals surface area contributed by atoms with Crippen LogP contribution in [0.1, 0.15) is 10.6 Å². The summed E-state index contributed by atoms with van der Waals surface area (Å²) in [7, 11) is 0. The first-order valence-corrected chi connectivity index (χ1v) is 3.66. The number of ketones is 1. The molecule has 1 fully saturated rings. The van der Waals surface area contributed by atoms with Crippen molar-refractivity contribution < 1.29 is 9.21 Å². The highest BCUT2D eigenvalue weighted by Gasteiger charge is 2.27. The molecular weight excluding hydrogens is 142 g/mol. The smallest absolute Gasteiger partial charge is 0.203 e. The Kier molecular flexibility index (Phi) is 1.51. The molecule has 3 nitrogen and oxygen atoms in total. The molecule has 0 spiro atoms. The molecule has 1 saturated heterocycles. The molecule has 2 heterocycles. The Morgan fingerprint density at radius 2 is 2.45 bits per heavy atom. The Labute approximate surface area is 64.4 Å². The van der Waals surface area contributed by atoms with Crippen molar-refractivity contribution in [3.05, 3.63) is 24.2 Å². The van der Waals surface area contributed by atoms with Crippen molar-refractivity contribution in [2.75, 3.05) is 13.1 Å². The van der Waals surface area contributed by atoms with E-state index in [1.54, 1.807) is 12.1 Å². The minimum absolute atomic E-state index is 0.119. The number of furan rings is 1. The van der Waals surface area contributed by atoms with Crippen LogP contribution in [0, 0.1) is 5.92 Å². The van der Waals surface area contributed by atoms with E-state index < -0.39 is 0 Å². The molecule has 0 amide bonds. The molecule has 0 bridgehead atoms. The van der Waals surface area contributed by atoms with Crippen LogP contribution in [-0.2, 0) is 0 Å². The van der Waals surface area contributed by atoms with Crippen molar-refractivity contribution in [3.8, 4) is 0 Å². The van der Waals surface area contributed by atoms with E-state index in [-0.39, 0.29) is 11.7 Å². The van der Waals surface area contributed by atoms with Gasteiger partial charge in [0.2, 0.25) is 5.78 Å². The predicted molar refractivity (Wildman–Crippen MR) is 39.4 cm³/mol. The van der Waals surface area contributed by atoms with Gasteiger partial charge in [-0.05, 0) is 12.1 Å². The molecule has 58 valence electrons. The largest absolute Gasteiger partial charge is 0.461 e. The Bertz CT molecular complexity index is 249. The van der Waals surface area contributed by atoms with Crippen LogP contribution in [0.15, 0.2) is 22.8 Å². The van der Waals surface area contributed by atoms with Crippen LogP contribution < -0.4 is 5.32 Å². The Balaban J connectivity index is 2.10. The molecule has 0 aromatic carbocycles. The number of rotatable bonds is 2. The second-order valence-electron chi connectivity index (χ2n) is 2.70. The standard InChI is InChI=1S/C8H9NO2/c10-8(6-4-9-5-6)7-2-1-3-11-7/h1-3,6,9H,4-5H2. The average Bonchev–Trinajstić information content (AvgIpc) is 2.32. The highest BCUT2D eigenvalue weighted by molar-refractivity contribution is 5.96. The minimum atomic E-state index is 0.119. The van der Waals surface area contributed by atoms with Gasteiger partial charge in [0.25, 0.3) is 0 Å². The highest BCUT2D eigenvalue weighted by atomic mass is 16.3. The van der Waals surface area contributed by atoms with Crippen molar-refractivity contribution in [1.29, 1.82) is 0 Å². The number of nitrogens with one attached hydrogen (secondary N) is 1. The molecule has 1 aromatic rings. The van der Waals surface area contributed by atoms with Gasteiger partial charge in [-0.2, -0.15) is 0 Å². The van der Waals surface area contributed by atoms with E-state index in [4.69, 9.17) is 4.42 Å². The minimum Gasteiger partial charge on any atom is -0.461 e. The van der Waals surface area contributed by atoms with E-state index in [2.05, 4.69) is 5.32 Å². The lowest BCUT2D eigenvalue weighted by atomic mass is 9.97. The first kappa shape index (κ1) is 6.61. The molecule has 0 radical (unpaired) electrons. The third-order valence-corrected chi connectivity index (χ3v) is 1.92. The maximum Gasteiger partial charge on any atom is 0.203 e. The summed E-state index contributed by atoms with van der Waals surface area (Å²) in [6.45, 7) is 1.58. The quantitative estimate of drug-likeness (QED) is 0.632. The molecule has 3 heteroatoms. The number of hydrogen-bond donors (Lipinski definition) is 1. The normalized spacial score (nSPS) is 17.8. The molecule has 1 aromatic heterocycles. The van der Waals surface area contributed by atoms with Crippen LogP contribution in [0.5, 0.6) is 0 Å². The first-order valence-electron chi connectivity index (χ1n) is 3.66. The summed E-state index contributed by atoms with van der Waals surface area (Å²) in [5.74, 6) is 0.742. The Morgan fingerprint density at radius 3 is 2.91 bits per heavy atom. The zero-order valence-electron chi connectivity index (χ0n) is 6.04. The first-order chi connectivity index (χ1) is 5.38. The van der Waals surface area contributed by atoms with Crippen molar-refractivity contribution in [3.63, 3.8) is 0 Å². The second kappa shape index (κ2) is 2.51. The van der Waals surface area contributed by atoms with Crippen LogP contribution in [0.25, 0.3) is 0 Å². The van der Waals surface area contributed by atoms with Crippen LogP contribution in [0.4, 0.5) is 0 Å². The molecule has 0 atom stereocenters. The van der Waals surface area contributed by atoms with Crippen molar-refractivity contribution in [2.45, 2.75) is 0 Å². The fourth-order valence-corrected chi connectivity index (χ4v) is 1.09. The fourth-order valence-electron chi connectivity index (χ4n) is 1.09. The number of Topliss-reactive ketones (excluding diaryl/α,β-unsaturated/α-hetero) is 1. The van der Waals surface area contributed by atoms with Crippen molar-refractivity contribution in [2.24, 2.45) is 5.92 Å². The average molecular weight is 151 g/mol. The number of hydrogen-bond acceptors (Lipinski definition) is 3. The highest BCUT2D eigenvalue weighted by Crippen LogP contribution is 2.12. The van der Waals surface area contributed by atoms with E-state index in [9.17, 15) is 4.79 Å². The van der Waals surface area contributed by atoms with Gasteiger partial charge < -0.3 is 9.73 Å². The van der Waals surface area contributed by atoms with Gasteiger partial charge in [-0.25, -0.2) is 0 Å². The van der Waals surface area contributed by atoms with Crippen LogP contribution in [0.3, 0.4) is 0 Å². The topological polar surface area (TPSA) is 42.2 Å². The molecular formula is C8H9NO2. The summed E-state index contributed by atoms with van der Waals surface area (Å²) in [4.78, 5) is 11.4. The molecule has 1 aliphatic rings. The molecule has 0 aliphatic carbocycles. The van der Waals surface area contributed by atoms with Crippen LogP contribution >= 0.6 is 0 Å². The summed E-state index contributed by atoms with van der Waals surface area (Å²) in [5, 5.41) is 3.04. The van der Waals surface area contributed by atoms with Gasteiger partial charge in [-0.3, -0.25) is 4.79 Å². The van der Waals surface area contributed by atoms with Crippen LogP contribution in [0.2, 0.25) is 0 Å². The van der Waals surface area contributed by atoms with Gasteiger partial charge in [0, 0.05) is 13.1 Å². The lowest BCUT2D eigenvalue weighted by molar-refractivity contribution is 0.0849. The van der Waals surface area contributed by atoms with Gasteiger partial charge >= 0.3 is 0 Å². The van der Waals surface area contributed by atoms with E-state index in [0.717, 1.165) is 13.1 Å². The summed E-state index contributed by atoms with van der Waals surface area (Å²) < 4.78 is 4.97. The summed E-state index contributed by atoms with van der Waals surface area (Å²) in [6.07, 6.45) is 1.53. The summed E-state index contributed by atoms with van der Waals surface area (Å²) >= 11 is 0. The van der Waals surface area contributed by atoms with E-state index >= 15 is 0 Å². The molecule has 0 unspecified atom stereocenters. The number of carbonyl (C=O) groups excluding carboxylic acids is 1. The van der Waals surface area contributed by atoms with Crippen molar-refractivity contribution in [1.82, 2.24) is 5.32 Å². The molecule has 2 rings (SSSR count). The van der Waals surface area contributed by atoms with E-state index in [1.807, 2.05) is 0 Å². The zero-order valence-corrected chi connectivity index (χ0v) is 6.04. The van der Waals surface area contributed by atoms with Gasteiger partial charge in [-0.15, -0.1) is 0 Å². The van der Waals surface area contributed by atoms with Gasteiger partial charge in [0.05, 0.1) is 12.2 Å². The number of carbonyl (C=O) groups is 1. The van der Waals surface area contributed by atoms with Gasteiger partial charge in [0.15, 0.2) is 5.76 Å². The molecule has 1 N–H and O–H groups in total. The predicted octanol–water partition coefficient (Wildman–Crippen LogP) is 0.682. The van der Waals surface area contributed by atoms with Crippen LogP contribution in [-0.4, -0.2) is 18.9 Å². The van der Waals surface area contributed by atoms with Crippen molar-refractivity contribution >= 4 is 5.78 Å². The maximum atomic E-state index is 11.4. The molecule has 1 aliphatic heterocycles. The second-order valence-corrected chi connectivity index (χ2v) is 2.70. The summed E-state index contributed by atoms with van der Waals surface area (Å²) in [5.41, 5.74) is 0. The lowest BCUT2D eigenvalue weighted by Gasteiger charge is -2.24. The summed E-state index contributed by atoms with van der Waals surface area (Å²) in [6, 6.07) is 3.44. The van der Waals surface area contributed by atoms with Gasteiger partial charge in [-0.1, -0.05) is 0 Å². The maximum absolute atomic E-state index is 11.4. The Morgan fingerprint density at radius 1 is 1.64 bits per heavy atom. The van der Waals surface area contributed by atoms with E-state index in [0.29, 0.717) is 5.76 Å². The fraction of sp³-hybridized carbons (Fsp3) is 0.375. The third kappa shape index (κ3) is 1.07. The molecule has 0 saturated carbocycles. The van der Waals surface area contributed by atoms with E-state index in [1.165, 1.54) is 6.26 Å². The van der Waals surface area contributed by atoms with Gasteiger partial charge in [0.1, 0.15) is 0 Å². The molecule has 11 heavy (non-hydrogen) atoms. The lowest BCUT2D eigenvalue weighted by Crippen LogP contribution is -2.46. The Hall–Kier alpha value is -1.09.